The summed E-state index contributed by atoms with van der Waals surface area (Å²) < 4.78 is 5.31. The van der Waals surface area contributed by atoms with Crippen LogP contribution in [0.3, 0.4) is 0 Å². The summed E-state index contributed by atoms with van der Waals surface area (Å²) in [6, 6.07) is 0. The van der Waals surface area contributed by atoms with Crippen LogP contribution in [-0.2, 0) is 4.74 Å². The van der Waals surface area contributed by atoms with Crippen LogP contribution in [-0.4, -0.2) is 61.5 Å². The minimum Gasteiger partial charge on any atom is -0.444 e. The molecule has 0 radical (unpaired) electrons. The van der Waals surface area contributed by atoms with Crippen LogP contribution in [0.2, 0.25) is 0 Å². The molecule has 1 aliphatic rings. The molecule has 0 saturated carbocycles. The van der Waals surface area contributed by atoms with Gasteiger partial charge in [0.15, 0.2) is 0 Å². The van der Waals surface area contributed by atoms with Crippen LogP contribution < -0.4 is 29.6 Å². The van der Waals surface area contributed by atoms with Crippen molar-refractivity contribution in [2.75, 3.05) is 26.3 Å². The summed E-state index contributed by atoms with van der Waals surface area (Å²) in [6.07, 6.45) is 1.35. The monoisotopic (exact) mass is 297 g/mol. The zero-order valence-corrected chi connectivity index (χ0v) is 14.6. The Balaban J connectivity index is 0. The van der Waals surface area contributed by atoms with E-state index in [0.29, 0.717) is 19.0 Å². The van der Waals surface area contributed by atoms with Gasteiger partial charge in [-0.05, 0) is 39.5 Å². The number of hydrogen-bond donors (Lipinski definition) is 2. The molecule has 114 valence electrons. The molecule has 1 rings (SSSR count). The quantitative estimate of drug-likeness (QED) is 0.538. The summed E-state index contributed by atoms with van der Waals surface area (Å²) in [5, 5.41) is 18.3. The molecule has 0 unspecified atom stereocenters. The number of nitrogens with zero attached hydrogens (tertiary/aromatic N) is 1. The Morgan fingerprint density at radius 2 is 1.70 bits per heavy atom. The molecule has 2 N–H and O–H groups in total. The summed E-state index contributed by atoms with van der Waals surface area (Å²) >= 11 is 0. The van der Waals surface area contributed by atoms with Gasteiger partial charge in [0.2, 0.25) is 0 Å². The van der Waals surface area contributed by atoms with E-state index in [9.17, 15) is 4.79 Å². The van der Waals surface area contributed by atoms with Gasteiger partial charge in [0, 0.05) is 32.2 Å². The summed E-state index contributed by atoms with van der Waals surface area (Å²) in [7, 11) is 0. The smallest absolute Gasteiger partial charge is 0.444 e. The van der Waals surface area contributed by atoms with E-state index in [2.05, 4.69) is 0 Å². The SMILES string of the molecule is CC(C)(C)OC(=O)N1CCC(C(CO)CO)CC1.[BH4-].[Na+]. The Bertz CT molecular complexity index is 274. The number of rotatable bonds is 3. The van der Waals surface area contributed by atoms with E-state index in [4.69, 9.17) is 14.9 Å². The summed E-state index contributed by atoms with van der Waals surface area (Å²) in [6.45, 7) is 6.84. The third-order valence-corrected chi connectivity index (χ3v) is 3.33. The predicted molar refractivity (Wildman–Crippen MR) is 79.5 cm³/mol. The first-order valence-electron chi connectivity index (χ1n) is 6.57. The van der Waals surface area contributed by atoms with Crippen LogP contribution in [0.5, 0.6) is 0 Å². The van der Waals surface area contributed by atoms with E-state index in [1.54, 1.807) is 4.90 Å². The molecule has 0 bridgehead atoms. The molecule has 1 heterocycles. The summed E-state index contributed by atoms with van der Waals surface area (Å²) in [4.78, 5) is 13.5. The van der Waals surface area contributed by atoms with Crippen molar-refractivity contribution in [1.29, 1.82) is 0 Å². The number of hydrogen-bond acceptors (Lipinski definition) is 4. The van der Waals surface area contributed by atoms with E-state index in [1.165, 1.54) is 0 Å². The second-order valence-corrected chi connectivity index (χ2v) is 5.93. The average molecular weight is 297 g/mol. The maximum Gasteiger partial charge on any atom is 1.00 e. The van der Waals surface area contributed by atoms with Crippen molar-refractivity contribution in [3.63, 3.8) is 0 Å². The minimum atomic E-state index is -0.466. The van der Waals surface area contributed by atoms with Gasteiger partial charge in [-0.1, -0.05) is 8.41 Å². The topological polar surface area (TPSA) is 70.0 Å². The molecule has 7 heteroatoms. The predicted octanol–water partition coefficient (Wildman–Crippen LogP) is -3.21. The number of carbonyl (C=O) groups excluding carboxylic acids is 1. The fourth-order valence-corrected chi connectivity index (χ4v) is 2.24. The molecule has 5 nitrogen and oxygen atoms in total. The molecule has 0 aromatic carbocycles. The van der Waals surface area contributed by atoms with Crippen molar-refractivity contribution in [3.05, 3.63) is 0 Å². The van der Waals surface area contributed by atoms with Gasteiger partial charge in [-0.3, -0.25) is 0 Å². The molecule has 1 fully saturated rings. The third-order valence-electron chi connectivity index (χ3n) is 3.33. The second-order valence-electron chi connectivity index (χ2n) is 5.93. The van der Waals surface area contributed by atoms with Gasteiger partial charge in [0.25, 0.3) is 0 Å². The van der Waals surface area contributed by atoms with Gasteiger partial charge in [-0.15, -0.1) is 0 Å². The zero-order valence-electron chi connectivity index (χ0n) is 12.6. The molecule has 1 amide bonds. The van der Waals surface area contributed by atoms with Crippen molar-refractivity contribution < 1.29 is 49.3 Å². The van der Waals surface area contributed by atoms with Crippen LogP contribution >= 0.6 is 0 Å². The van der Waals surface area contributed by atoms with Crippen molar-refractivity contribution in [2.24, 2.45) is 11.8 Å². The van der Waals surface area contributed by atoms with Gasteiger partial charge >= 0.3 is 35.7 Å². The first-order chi connectivity index (χ1) is 8.37. The van der Waals surface area contributed by atoms with E-state index in [1.807, 2.05) is 20.8 Å². The van der Waals surface area contributed by atoms with E-state index < -0.39 is 5.60 Å². The molecule has 0 aromatic rings. The Hall–Kier alpha value is 0.255. The molecule has 1 aliphatic heterocycles. The number of aliphatic hydroxyl groups is 2. The van der Waals surface area contributed by atoms with Crippen LogP contribution in [0.4, 0.5) is 4.79 Å². The van der Waals surface area contributed by atoms with E-state index in [0.717, 1.165) is 12.8 Å². The largest absolute Gasteiger partial charge is 1.00 e. The Morgan fingerprint density at radius 1 is 1.25 bits per heavy atom. The second kappa shape index (κ2) is 10.1. The fourth-order valence-electron chi connectivity index (χ4n) is 2.24. The Labute approximate surface area is 145 Å². The van der Waals surface area contributed by atoms with Crippen LogP contribution in [0, 0.1) is 11.8 Å². The van der Waals surface area contributed by atoms with Crippen LogP contribution in [0.15, 0.2) is 0 Å². The van der Waals surface area contributed by atoms with Crippen molar-refractivity contribution in [1.82, 2.24) is 4.90 Å². The van der Waals surface area contributed by atoms with Crippen molar-refractivity contribution >= 4 is 14.5 Å². The third kappa shape index (κ3) is 7.32. The molecule has 1 saturated heterocycles. The number of piperidine rings is 1. The number of aliphatic hydroxyl groups excluding tert-OH is 2. The molecule has 0 spiro atoms. The molecule has 0 atom stereocenters. The van der Waals surface area contributed by atoms with Gasteiger partial charge in [0.05, 0.1) is 0 Å². The minimum absolute atomic E-state index is 0. The van der Waals surface area contributed by atoms with Gasteiger partial charge in [0.1, 0.15) is 5.60 Å². The van der Waals surface area contributed by atoms with E-state index in [-0.39, 0.29) is 63.2 Å². The maximum absolute atomic E-state index is 11.8. The van der Waals surface area contributed by atoms with Gasteiger partial charge < -0.3 is 19.8 Å². The van der Waals surface area contributed by atoms with Crippen LogP contribution in [0.25, 0.3) is 0 Å². The fraction of sp³-hybridized carbons (Fsp3) is 0.923. The number of ether oxygens (including phenoxy) is 1. The molecule has 0 aromatic heterocycles. The Morgan fingerprint density at radius 3 is 2.05 bits per heavy atom. The molecular formula is C13H29BNNaO4. The van der Waals surface area contributed by atoms with Gasteiger partial charge in [-0.2, -0.15) is 0 Å². The summed E-state index contributed by atoms with van der Waals surface area (Å²) in [5.74, 6) is 0.226. The molecule has 0 aliphatic carbocycles. The molecular weight excluding hydrogens is 268 g/mol. The Kier molecular flexibility index (Phi) is 11.3. The number of carbonyl (C=O) groups is 1. The first-order valence-corrected chi connectivity index (χ1v) is 6.57. The normalized spacial score (nSPS) is 16.4. The zero-order chi connectivity index (χ0) is 13.8. The maximum atomic E-state index is 11.8. The van der Waals surface area contributed by atoms with Crippen LogP contribution in [0.1, 0.15) is 33.6 Å². The van der Waals surface area contributed by atoms with Crippen molar-refractivity contribution in [3.8, 4) is 0 Å². The summed E-state index contributed by atoms with van der Waals surface area (Å²) in [5.41, 5.74) is -0.466. The van der Waals surface area contributed by atoms with Gasteiger partial charge in [-0.25, -0.2) is 4.79 Å². The van der Waals surface area contributed by atoms with Crippen molar-refractivity contribution in [2.45, 2.75) is 39.2 Å². The van der Waals surface area contributed by atoms with E-state index >= 15 is 0 Å². The number of likely N-dealkylation sites (tertiary alicyclic amines) is 1. The average Bonchev–Trinajstić information content (AvgIpc) is 2.29. The standard InChI is InChI=1S/C13H25NO4.BH4.Na/c1-13(2,3)18-12(17)14-6-4-10(5-7-14)11(8-15)9-16;;/h10-11,15-16H,4-9H2,1-3H3;1H4;/q;-1;+1. The molecule has 20 heavy (non-hydrogen) atoms. The first kappa shape index (κ1) is 22.5. The number of amides is 1.